The molecule has 0 saturated heterocycles. The average Bonchev–Trinajstić information content (AvgIpc) is 2.35. The highest BCUT2D eigenvalue weighted by Gasteiger charge is 2.30. The topological polar surface area (TPSA) is 35.0 Å². The maximum atomic E-state index is 5.74. The third kappa shape index (κ3) is 1.58. The molecular weight excluding hydrogens is 212 g/mol. The van der Waals surface area contributed by atoms with Crippen molar-refractivity contribution < 1.29 is 4.74 Å². The van der Waals surface area contributed by atoms with E-state index in [9.17, 15) is 0 Å². The largest absolute Gasteiger partial charge is 0.420 e. The van der Waals surface area contributed by atoms with Gasteiger partial charge in [0.15, 0.2) is 0 Å². The van der Waals surface area contributed by atoms with Gasteiger partial charge in [0.25, 0.3) is 0 Å². The second kappa shape index (κ2) is 3.84. The Hall–Kier alpha value is -1.90. The smallest absolute Gasteiger partial charge is 0.225 e. The van der Waals surface area contributed by atoms with E-state index in [0.717, 1.165) is 11.1 Å². The molecule has 2 aromatic rings. The normalized spacial score (nSPS) is 14.1. The van der Waals surface area contributed by atoms with Crippen molar-refractivity contribution in [3.05, 3.63) is 47.8 Å². The predicted octanol–water partition coefficient (Wildman–Crippen LogP) is 3.37. The monoisotopic (exact) mass is 226 g/mol. The van der Waals surface area contributed by atoms with Crippen LogP contribution in [0.15, 0.2) is 36.7 Å². The van der Waals surface area contributed by atoms with E-state index in [-0.39, 0.29) is 0 Å². The highest BCUT2D eigenvalue weighted by Crippen LogP contribution is 2.44. The van der Waals surface area contributed by atoms with Crippen molar-refractivity contribution in [1.82, 2.24) is 9.97 Å². The van der Waals surface area contributed by atoms with Crippen LogP contribution in [0.5, 0.6) is 11.8 Å². The van der Waals surface area contributed by atoms with E-state index in [1.54, 1.807) is 12.4 Å². The molecule has 0 radical (unpaired) electrons. The molecule has 0 fully saturated rings. The Morgan fingerprint density at radius 2 is 1.53 bits per heavy atom. The van der Waals surface area contributed by atoms with Crippen LogP contribution >= 0.6 is 0 Å². The van der Waals surface area contributed by atoms with Gasteiger partial charge in [-0.2, -0.15) is 0 Å². The molecule has 0 N–H and O–H groups in total. The number of pyridine rings is 2. The van der Waals surface area contributed by atoms with Gasteiger partial charge >= 0.3 is 0 Å². The summed E-state index contributed by atoms with van der Waals surface area (Å²) in [7, 11) is 0. The maximum absolute atomic E-state index is 5.74. The van der Waals surface area contributed by atoms with Crippen LogP contribution in [0.1, 0.15) is 30.9 Å². The molecular formula is C14H14N2O. The minimum absolute atomic E-state index is 0.316. The summed E-state index contributed by atoms with van der Waals surface area (Å²) < 4.78 is 5.74. The zero-order valence-electron chi connectivity index (χ0n) is 9.92. The van der Waals surface area contributed by atoms with Gasteiger partial charge in [-0.3, -0.25) is 0 Å². The molecule has 0 aliphatic carbocycles. The van der Waals surface area contributed by atoms with Crippen molar-refractivity contribution in [2.75, 3.05) is 0 Å². The van der Waals surface area contributed by atoms with Gasteiger partial charge in [0.1, 0.15) is 0 Å². The molecule has 3 rings (SSSR count). The van der Waals surface area contributed by atoms with E-state index in [4.69, 9.17) is 4.74 Å². The second-order valence-electron chi connectivity index (χ2n) is 4.62. The number of hydrogen-bond acceptors (Lipinski definition) is 3. The zero-order valence-corrected chi connectivity index (χ0v) is 9.92. The zero-order chi connectivity index (χ0) is 11.8. The van der Waals surface area contributed by atoms with Gasteiger partial charge in [-0.1, -0.05) is 26.0 Å². The van der Waals surface area contributed by atoms with Crippen molar-refractivity contribution >= 4 is 0 Å². The predicted molar refractivity (Wildman–Crippen MR) is 65.2 cm³/mol. The van der Waals surface area contributed by atoms with Crippen molar-refractivity contribution in [2.45, 2.75) is 19.8 Å². The lowest BCUT2D eigenvalue weighted by molar-refractivity contribution is 0.389. The fourth-order valence-electron chi connectivity index (χ4n) is 2.43. The van der Waals surface area contributed by atoms with Crippen LogP contribution < -0.4 is 4.74 Å². The summed E-state index contributed by atoms with van der Waals surface area (Å²) in [5.41, 5.74) is 2.31. The molecule has 1 aliphatic heterocycles. The Labute approximate surface area is 100 Å². The number of nitrogens with zero attached hydrogens (tertiary/aromatic N) is 2. The maximum Gasteiger partial charge on any atom is 0.225 e. The average molecular weight is 226 g/mol. The third-order valence-corrected chi connectivity index (χ3v) is 3.13. The third-order valence-electron chi connectivity index (χ3n) is 3.13. The minimum atomic E-state index is 0.316. The molecule has 0 atom stereocenters. The van der Waals surface area contributed by atoms with Crippen LogP contribution in [0.2, 0.25) is 0 Å². The van der Waals surface area contributed by atoms with Crippen LogP contribution in [-0.4, -0.2) is 9.97 Å². The van der Waals surface area contributed by atoms with E-state index >= 15 is 0 Å². The molecule has 17 heavy (non-hydrogen) atoms. The highest BCUT2D eigenvalue weighted by molar-refractivity contribution is 5.48. The Bertz CT molecular complexity index is 506. The van der Waals surface area contributed by atoms with Gasteiger partial charge in [0, 0.05) is 29.4 Å². The molecule has 0 aromatic carbocycles. The summed E-state index contributed by atoms with van der Waals surface area (Å²) in [6, 6.07) is 8.09. The summed E-state index contributed by atoms with van der Waals surface area (Å²) in [4.78, 5) is 8.58. The molecule has 0 unspecified atom stereocenters. The van der Waals surface area contributed by atoms with Crippen LogP contribution in [-0.2, 0) is 0 Å². The highest BCUT2D eigenvalue weighted by atomic mass is 16.5. The molecule has 3 heteroatoms. The molecule has 0 spiro atoms. The number of rotatable bonds is 1. The minimum Gasteiger partial charge on any atom is -0.420 e. The molecule has 3 nitrogen and oxygen atoms in total. The van der Waals surface area contributed by atoms with E-state index in [1.165, 1.54) is 0 Å². The molecule has 0 amide bonds. The van der Waals surface area contributed by atoms with Gasteiger partial charge in [-0.15, -0.1) is 0 Å². The van der Waals surface area contributed by atoms with E-state index in [0.29, 0.717) is 23.6 Å². The van der Waals surface area contributed by atoms with Crippen molar-refractivity contribution in [3.63, 3.8) is 0 Å². The van der Waals surface area contributed by atoms with Gasteiger partial charge in [-0.25, -0.2) is 9.97 Å². The van der Waals surface area contributed by atoms with Crippen molar-refractivity contribution in [3.8, 4) is 11.8 Å². The summed E-state index contributed by atoms with van der Waals surface area (Å²) in [6.45, 7) is 4.42. The quantitative estimate of drug-likeness (QED) is 0.747. The molecule has 3 heterocycles. The van der Waals surface area contributed by atoms with Gasteiger partial charge in [0.05, 0.1) is 0 Å². The van der Waals surface area contributed by atoms with Crippen LogP contribution in [0.3, 0.4) is 0 Å². The number of fused-ring (bicyclic) bond motifs is 2. The van der Waals surface area contributed by atoms with Gasteiger partial charge in [0.2, 0.25) is 11.8 Å². The number of ether oxygens (including phenoxy) is 1. The number of aromatic nitrogens is 2. The standard InChI is InChI=1S/C14H14N2O/c1-9(2)12-10-5-3-7-15-13(10)17-14-11(12)6-4-8-16-14/h3-9,12H,1-2H3. The first-order valence-electron chi connectivity index (χ1n) is 5.85. The van der Waals surface area contributed by atoms with Gasteiger partial charge in [-0.05, 0) is 18.1 Å². The fraction of sp³-hybridized carbons (Fsp3) is 0.286. The first-order valence-corrected chi connectivity index (χ1v) is 5.85. The van der Waals surface area contributed by atoms with Crippen molar-refractivity contribution in [2.24, 2.45) is 5.92 Å². The van der Waals surface area contributed by atoms with E-state index < -0.39 is 0 Å². The Kier molecular flexibility index (Phi) is 2.32. The SMILES string of the molecule is CC(C)C1c2cccnc2Oc2ncccc21. The molecule has 0 bridgehead atoms. The van der Waals surface area contributed by atoms with Crippen LogP contribution in [0.25, 0.3) is 0 Å². The summed E-state index contributed by atoms with van der Waals surface area (Å²) in [6.07, 6.45) is 3.51. The lowest BCUT2D eigenvalue weighted by Gasteiger charge is -2.28. The van der Waals surface area contributed by atoms with Crippen molar-refractivity contribution in [1.29, 1.82) is 0 Å². The lowest BCUT2D eigenvalue weighted by atomic mass is 9.82. The summed E-state index contributed by atoms with van der Waals surface area (Å²) >= 11 is 0. The summed E-state index contributed by atoms with van der Waals surface area (Å²) in [5, 5.41) is 0. The lowest BCUT2D eigenvalue weighted by Crippen LogP contribution is -2.16. The first-order chi connectivity index (χ1) is 8.27. The van der Waals surface area contributed by atoms with E-state index in [1.807, 2.05) is 12.1 Å². The molecule has 0 saturated carbocycles. The van der Waals surface area contributed by atoms with Crippen LogP contribution in [0.4, 0.5) is 0 Å². The number of hydrogen-bond donors (Lipinski definition) is 0. The van der Waals surface area contributed by atoms with Gasteiger partial charge < -0.3 is 4.74 Å². The second-order valence-corrected chi connectivity index (χ2v) is 4.62. The molecule has 86 valence electrons. The first kappa shape index (κ1) is 10.3. The fourth-order valence-corrected chi connectivity index (χ4v) is 2.43. The molecule has 2 aromatic heterocycles. The van der Waals surface area contributed by atoms with E-state index in [2.05, 4.69) is 35.9 Å². The summed E-state index contributed by atoms with van der Waals surface area (Å²) in [5.74, 6) is 2.19. The Morgan fingerprint density at radius 1 is 1.00 bits per heavy atom. The Morgan fingerprint density at radius 3 is 2.00 bits per heavy atom. The Balaban J connectivity index is 2.21. The molecule has 1 aliphatic rings. The van der Waals surface area contributed by atoms with Crippen LogP contribution in [0, 0.1) is 5.92 Å².